The molecule has 3 unspecified atom stereocenters. The Hall–Kier alpha value is -0.340. The summed E-state index contributed by atoms with van der Waals surface area (Å²) in [5.74, 6) is 1.83. The second-order valence-electron chi connectivity index (χ2n) is 5.52. The average molecular weight is 235 g/mol. The molecule has 2 aliphatic rings. The van der Waals surface area contributed by atoms with E-state index in [1.807, 2.05) is 11.3 Å². The number of thiophene rings is 1. The monoisotopic (exact) mass is 235 g/mol. The molecule has 1 aliphatic carbocycles. The van der Waals surface area contributed by atoms with Gasteiger partial charge in [-0.05, 0) is 54.7 Å². The quantitative estimate of drug-likeness (QED) is 0.781. The number of rotatable bonds is 1. The molecule has 0 saturated heterocycles. The third-order valence-corrected chi connectivity index (χ3v) is 5.31. The van der Waals surface area contributed by atoms with Crippen LogP contribution in [0.4, 0.5) is 0 Å². The Labute approximate surface area is 102 Å². The summed E-state index contributed by atoms with van der Waals surface area (Å²) in [6, 6.07) is 3.01. The number of hydrogen-bond acceptors (Lipinski definition) is 2. The maximum Gasteiger partial charge on any atom is 0.0446 e. The summed E-state index contributed by atoms with van der Waals surface area (Å²) < 4.78 is 0. The van der Waals surface area contributed by atoms with Gasteiger partial charge in [-0.25, -0.2) is 0 Å². The second-order valence-corrected chi connectivity index (χ2v) is 6.47. The molecule has 1 fully saturated rings. The van der Waals surface area contributed by atoms with Crippen LogP contribution in [0.2, 0.25) is 0 Å². The van der Waals surface area contributed by atoms with E-state index >= 15 is 0 Å². The first-order valence-electron chi connectivity index (χ1n) is 6.64. The van der Waals surface area contributed by atoms with Crippen molar-refractivity contribution in [1.82, 2.24) is 5.32 Å². The van der Waals surface area contributed by atoms with Crippen molar-refractivity contribution in [2.75, 3.05) is 6.54 Å². The predicted octanol–water partition coefficient (Wildman–Crippen LogP) is 3.76. The summed E-state index contributed by atoms with van der Waals surface area (Å²) in [4.78, 5) is 1.64. The van der Waals surface area contributed by atoms with Crippen LogP contribution in [-0.4, -0.2) is 6.54 Å². The topological polar surface area (TPSA) is 12.0 Å². The Morgan fingerprint density at radius 1 is 1.38 bits per heavy atom. The van der Waals surface area contributed by atoms with Crippen LogP contribution in [0, 0.1) is 11.8 Å². The standard InChI is InChI=1S/C14H21NS/c1-10-3-2-4-12(9-10)13-14-11(5-7-15-13)6-8-16-14/h6,8,10,12-13,15H,2-5,7,9H2,1H3. The zero-order valence-corrected chi connectivity index (χ0v) is 10.9. The molecule has 0 bridgehead atoms. The van der Waals surface area contributed by atoms with Gasteiger partial charge in [0.25, 0.3) is 0 Å². The Bertz CT molecular complexity index is 357. The van der Waals surface area contributed by atoms with Crippen LogP contribution in [-0.2, 0) is 6.42 Å². The van der Waals surface area contributed by atoms with E-state index in [0.29, 0.717) is 6.04 Å². The third-order valence-electron chi connectivity index (χ3n) is 4.27. The van der Waals surface area contributed by atoms with Gasteiger partial charge in [0.2, 0.25) is 0 Å². The summed E-state index contributed by atoms with van der Waals surface area (Å²) >= 11 is 1.97. The lowest BCUT2D eigenvalue weighted by molar-refractivity contribution is 0.221. The van der Waals surface area contributed by atoms with Crippen molar-refractivity contribution in [2.45, 2.75) is 45.1 Å². The van der Waals surface area contributed by atoms with Crippen molar-refractivity contribution in [1.29, 1.82) is 0 Å². The van der Waals surface area contributed by atoms with E-state index in [0.717, 1.165) is 11.8 Å². The van der Waals surface area contributed by atoms with Gasteiger partial charge in [0.1, 0.15) is 0 Å². The highest BCUT2D eigenvalue weighted by Crippen LogP contribution is 2.41. The highest BCUT2D eigenvalue weighted by molar-refractivity contribution is 7.10. The van der Waals surface area contributed by atoms with Crippen LogP contribution in [0.15, 0.2) is 11.4 Å². The Balaban J connectivity index is 1.81. The fourth-order valence-corrected chi connectivity index (χ4v) is 4.57. The summed E-state index contributed by atoms with van der Waals surface area (Å²) in [7, 11) is 0. The van der Waals surface area contributed by atoms with Crippen molar-refractivity contribution >= 4 is 11.3 Å². The molecule has 16 heavy (non-hydrogen) atoms. The van der Waals surface area contributed by atoms with Gasteiger partial charge in [-0.15, -0.1) is 11.3 Å². The Morgan fingerprint density at radius 3 is 3.19 bits per heavy atom. The summed E-state index contributed by atoms with van der Waals surface area (Å²) in [5, 5.41) is 6.04. The van der Waals surface area contributed by atoms with Crippen molar-refractivity contribution in [3.05, 3.63) is 21.9 Å². The SMILES string of the molecule is CC1CCCC(C2NCCc3ccsc32)C1. The molecule has 0 amide bonds. The van der Waals surface area contributed by atoms with Gasteiger partial charge in [-0.2, -0.15) is 0 Å². The maximum atomic E-state index is 3.76. The summed E-state index contributed by atoms with van der Waals surface area (Å²) in [6.45, 7) is 3.60. The first kappa shape index (κ1) is 10.8. The highest BCUT2D eigenvalue weighted by Gasteiger charge is 2.31. The van der Waals surface area contributed by atoms with Gasteiger partial charge >= 0.3 is 0 Å². The molecule has 0 spiro atoms. The molecule has 1 nitrogen and oxygen atoms in total. The van der Waals surface area contributed by atoms with Gasteiger partial charge in [-0.1, -0.05) is 19.8 Å². The molecule has 1 aromatic heterocycles. The summed E-state index contributed by atoms with van der Waals surface area (Å²) in [5.41, 5.74) is 1.62. The van der Waals surface area contributed by atoms with Crippen molar-refractivity contribution in [2.24, 2.45) is 11.8 Å². The van der Waals surface area contributed by atoms with Gasteiger partial charge in [0.05, 0.1) is 0 Å². The van der Waals surface area contributed by atoms with E-state index in [2.05, 4.69) is 23.7 Å². The first-order valence-corrected chi connectivity index (χ1v) is 7.52. The average Bonchev–Trinajstić information content (AvgIpc) is 2.76. The minimum atomic E-state index is 0.673. The molecule has 1 aromatic rings. The smallest absolute Gasteiger partial charge is 0.0446 e. The molecule has 3 rings (SSSR count). The van der Waals surface area contributed by atoms with Crippen LogP contribution in [0.25, 0.3) is 0 Å². The number of fused-ring (bicyclic) bond motifs is 1. The molecule has 1 aliphatic heterocycles. The van der Waals surface area contributed by atoms with E-state index in [4.69, 9.17) is 0 Å². The van der Waals surface area contributed by atoms with Gasteiger partial charge in [0.15, 0.2) is 0 Å². The lowest BCUT2D eigenvalue weighted by atomic mass is 9.77. The Kier molecular flexibility index (Phi) is 3.03. The van der Waals surface area contributed by atoms with Crippen LogP contribution < -0.4 is 5.32 Å². The van der Waals surface area contributed by atoms with Crippen LogP contribution in [0.1, 0.15) is 49.1 Å². The van der Waals surface area contributed by atoms with Crippen LogP contribution in [0.3, 0.4) is 0 Å². The zero-order chi connectivity index (χ0) is 11.0. The number of hydrogen-bond donors (Lipinski definition) is 1. The minimum absolute atomic E-state index is 0.673. The lowest BCUT2D eigenvalue weighted by Gasteiger charge is -2.36. The van der Waals surface area contributed by atoms with Crippen molar-refractivity contribution in [3.8, 4) is 0 Å². The molecule has 0 aromatic carbocycles. The van der Waals surface area contributed by atoms with Crippen LogP contribution in [0.5, 0.6) is 0 Å². The molecule has 0 radical (unpaired) electrons. The predicted molar refractivity (Wildman–Crippen MR) is 69.9 cm³/mol. The molecule has 2 heteroatoms. The summed E-state index contributed by atoms with van der Waals surface area (Å²) in [6.07, 6.45) is 6.97. The van der Waals surface area contributed by atoms with E-state index in [1.54, 1.807) is 10.4 Å². The van der Waals surface area contributed by atoms with E-state index in [-0.39, 0.29) is 0 Å². The van der Waals surface area contributed by atoms with Crippen molar-refractivity contribution in [3.63, 3.8) is 0 Å². The molecular formula is C14H21NS. The maximum absolute atomic E-state index is 3.76. The largest absolute Gasteiger partial charge is 0.309 e. The number of nitrogens with one attached hydrogen (secondary N) is 1. The van der Waals surface area contributed by atoms with E-state index < -0.39 is 0 Å². The zero-order valence-electron chi connectivity index (χ0n) is 10.0. The fourth-order valence-electron chi connectivity index (χ4n) is 3.45. The van der Waals surface area contributed by atoms with E-state index in [9.17, 15) is 0 Å². The first-order chi connectivity index (χ1) is 7.84. The normalized spacial score (nSPS) is 34.7. The highest BCUT2D eigenvalue weighted by atomic mass is 32.1. The molecule has 3 atom stereocenters. The van der Waals surface area contributed by atoms with Gasteiger partial charge in [-0.3, -0.25) is 0 Å². The van der Waals surface area contributed by atoms with Gasteiger partial charge in [0, 0.05) is 10.9 Å². The van der Waals surface area contributed by atoms with E-state index in [1.165, 1.54) is 38.6 Å². The lowest BCUT2D eigenvalue weighted by Crippen LogP contribution is -2.35. The third kappa shape index (κ3) is 1.93. The van der Waals surface area contributed by atoms with Crippen LogP contribution >= 0.6 is 11.3 Å². The van der Waals surface area contributed by atoms with Crippen molar-refractivity contribution < 1.29 is 0 Å². The van der Waals surface area contributed by atoms with Gasteiger partial charge < -0.3 is 5.32 Å². The molecule has 88 valence electrons. The minimum Gasteiger partial charge on any atom is -0.309 e. The Morgan fingerprint density at radius 2 is 2.31 bits per heavy atom. The molecular weight excluding hydrogens is 214 g/mol. The fraction of sp³-hybridized carbons (Fsp3) is 0.714. The molecule has 2 heterocycles. The second kappa shape index (κ2) is 4.50. The molecule has 1 saturated carbocycles. The molecule has 1 N–H and O–H groups in total.